The first-order valence-electron chi connectivity index (χ1n) is 5.78. The largest absolute Gasteiger partial charge is 0.506 e. The van der Waals surface area contributed by atoms with Crippen molar-refractivity contribution in [2.75, 3.05) is 19.5 Å². The predicted molar refractivity (Wildman–Crippen MR) is 71.1 cm³/mol. The molecule has 1 fully saturated rings. The maximum atomic E-state index is 11.9. The van der Waals surface area contributed by atoms with Crippen LogP contribution >= 0.6 is 0 Å². The molecular formula is C12H14N4O4. The summed E-state index contributed by atoms with van der Waals surface area (Å²) in [6, 6.07) is 5.68. The van der Waals surface area contributed by atoms with E-state index >= 15 is 0 Å². The van der Waals surface area contributed by atoms with Gasteiger partial charge >= 0.3 is 6.03 Å². The van der Waals surface area contributed by atoms with E-state index in [4.69, 9.17) is 0 Å². The Morgan fingerprint density at radius 3 is 2.55 bits per heavy atom. The van der Waals surface area contributed by atoms with Gasteiger partial charge in [0.05, 0.1) is 5.69 Å². The molecular weight excluding hydrogens is 264 g/mol. The maximum Gasteiger partial charge on any atom is 0.328 e. The van der Waals surface area contributed by atoms with Crippen LogP contribution in [0.5, 0.6) is 5.75 Å². The second-order valence-corrected chi connectivity index (χ2v) is 4.26. The molecule has 1 aromatic carbocycles. The van der Waals surface area contributed by atoms with Crippen LogP contribution in [0.4, 0.5) is 10.5 Å². The summed E-state index contributed by atoms with van der Waals surface area (Å²) in [4.78, 5) is 25.3. The van der Waals surface area contributed by atoms with Crippen molar-refractivity contribution in [3.05, 3.63) is 24.3 Å². The van der Waals surface area contributed by atoms with Crippen LogP contribution in [-0.4, -0.2) is 58.0 Å². The third-order valence-electron chi connectivity index (χ3n) is 2.92. The van der Waals surface area contributed by atoms with Gasteiger partial charge in [-0.1, -0.05) is 12.1 Å². The van der Waals surface area contributed by atoms with Crippen LogP contribution < -0.4 is 5.43 Å². The second kappa shape index (κ2) is 5.17. The molecule has 0 aliphatic carbocycles. The zero-order valence-corrected chi connectivity index (χ0v) is 10.9. The Hall–Kier alpha value is -2.61. The van der Waals surface area contributed by atoms with E-state index in [9.17, 15) is 19.8 Å². The normalized spacial score (nSPS) is 21.6. The molecule has 0 saturated carbocycles. The first-order valence-corrected chi connectivity index (χ1v) is 5.78. The second-order valence-electron chi connectivity index (χ2n) is 4.26. The van der Waals surface area contributed by atoms with Crippen LogP contribution in [-0.2, 0) is 4.79 Å². The number of aliphatic hydroxyl groups is 1. The van der Waals surface area contributed by atoms with Gasteiger partial charge in [0.25, 0.3) is 5.91 Å². The molecule has 8 nitrogen and oxygen atoms in total. The van der Waals surface area contributed by atoms with Crippen LogP contribution in [0.15, 0.2) is 29.4 Å². The molecule has 3 N–H and O–H groups in total. The van der Waals surface area contributed by atoms with Gasteiger partial charge in [-0.3, -0.25) is 20.0 Å². The number of urea groups is 1. The summed E-state index contributed by atoms with van der Waals surface area (Å²) in [5.41, 5.74) is 2.53. The number of hydrogen-bond donors (Lipinski definition) is 3. The first kappa shape index (κ1) is 13.8. The molecule has 1 unspecified atom stereocenters. The molecule has 0 radical (unpaired) electrons. The summed E-state index contributed by atoms with van der Waals surface area (Å²) in [6.07, 6.45) is -1.44. The Morgan fingerprint density at radius 2 is 1.90 bits per heavy atom. The highest BCUT2D eigenvalue weighted by Crippen LogP contribution is 2.21. The van der Waals surface area contributed by atoms with Gasteiger partial charge in [-0.25, -0.2) is 4.79 Å². The van der Waals surface area contributed by atoms with E-state index in [-0.39, 0.29) is 17.1 Å². The topological polar surface area (TPSA) is 105 Å². The molecule has 0 bridgehead atoms. The number of carbonyl (C=O) groups is 2. The van der Waals surface area contributed by atoms with Crippen LogP contribution in [0.1, 0.15) is 0 Å². The highest BCUT2D eigenvalue weighted by atomic mass is 16.3. The van der Waals surface area contributed by atoms with Crippen molar-refractivity contribution in [3.8, 4) is 5.75 Å². The lowest BCUT2D eigenvalue weighted by Crippen LogP contribution is -2.59. The van der Waals surface area contributed by atoms with Crippen LogP contribution in [0, 0.1) is 0 Å². The summed E-state index contributed by atoms with van der Waals surface area (Å²) >= 11 is 0. The minimum atomic E-state index is -1.44. The van der Waals surface area contributed by atoms with E-state index in [0.29, 0.717) is 0 Å². The number of anilines is 1. The summed E-state index contributed by atoms with van der Waals surface area (Å²) in [6.45, 7) is 0. The minimum Gasteiger partial charge on any atom is -0.506 e. The highest BCUT2D eigenvalue weighted by Gasteiger charge is 2.39. The summed E-state index contributed by atoms with van der Waals surface area (Å²) in [5.74, 6) is -0.754. The Morgan fingerprint density at radius 1 is 1.25 bits per heavy atom. The van der Waals surface area contributed by atoms with Gasteiger partial charge in [-0.15, -0.1) is 0 Å². The van der Waals surface area contributed by atoms with Crippen molar-refractivity contribution in [2.45, 2.75) is 6.23 Å². The van der Waals surface area contributed by atoms with Gasteiger partial charge in [0.1, 0.15) is 5.75 Å². The van der Waals surface area contributed by atoms with Gasteiger partial charge in [-0.2, -0.15) is 5.10 Å². The number of aromatic hydroxyl groups is 1. The number of nitrogens with one attached hydrogen (secondary N) is 1. The van der Waals surface area contributed by atoms with Crippen LogP contribution in [0.25, 0.3) is 0 Å². The van der Waals surface area contributed by atoms with E-state index < -0.39 is 18.2 Å². The zero-order chi connectivity index (χ0) is 14.9. The molecule has 2 rings (SSSR count). The maximum absolute atomic E-state index is 11.9. The fraction of sp³-hybridized carbons (Fsp3) is 0.250. The van der Waals surface area contributed by atoms with E-state index in [1.165, 1.54) is 20.2 Å². The van der Waals surface area contributed by atoms with Crippen molar-refractivity contribution in [3.63, 3.8) is 0 Å². The monoisotopic (exact) mass is 278 g/mol. The molecule has 106 valence electrons. The summed E-state index contributed by atoms with van der Waals surface area (Å²) in [5, 5.41) is 23.2. The molecule has 20 heavy (non-hydrogen) atoms. The molecule has 1 heterocycles. The highest BCUT2D eigenvalue weighted by molar-refractivity contribution is 6.44. The van der Waals surface area contributed by atoms with Gasteiger partial charge < -0.3 is 10.2 Å². The molecule has 1 aromatic rings. The Kier molecular flexibility index (Phi) is 3.57. The number of hydrogen-bond acceptors (Lipinski definition) is 6. The molecule has 3 amide bonds. The first-order chi connectivity index (χ1) is 9.43. The van der Waals surface area contributed by atoms with Gasteiger partial charge in [-0.05, 0) is 12.1 Å². The number of rotatable bonds is 2. The fourth-order valence-electron chi connectivity index (χ4n) is 1.69. The lowest BCUT2D eigenvalue weighted by molar-refractivity contribution is -0.123. The average Bonchev–Trinajstić information content (AvgIpc) is 2.45. The smallest absolute Gasteiger partial charge is 0.328 e. The van der Waals surface area contributed by atoms with E-state index in [1.54, 1.807) is 18.2 Å². The molecule has 1 atom stereocenters. The third kappa shape index (κ3) is 2.28. The number of hydrazone groups is 1. The van der Waals surface area contributed by atoms with Crippen LogP contribution in [0.2, 0.25) is 0 Å². The Labute approximate surface area is 114 Å². The van der Waals surface area contributed by atoms with Crippen LogP contribution in [0.3, 0.4) is 0 Å². The number of phenols is 1. The Bertz CT molecular complexity index is 587. The molecule has 1 saturated heterocycles. The fourth-order valence-corrected chi connectivity index (χ4v) is 1.69. The third-order valence-corrected chi connectivity index (χ3v) is 2.92. The molecule has 0 spiro atoms. The number of phenolic OH excluding ortho intramolecular Hbond substituents is 1. The lowest BCUT2D eigenvalue weighted by atomic mass is 10.2. The number of carbonyl (C=O) groups excluding carboxylic acids is 2. The Balaban J connectivity index is 2.26. The van der Waals surface area contributed by atoms with E-state index in [0.717, 1.165) is 9.80 Å². The summed E-state index contributed by atoms with van der Waals surface area (Å²) < 4.78 is 0. The lowest BCUT2D eigenvalue weighted by Gasteiger charge is -2.33. The standard InChI is InChI=1S/C12H14N4O4/c1-15-10(18)9(11(19)16(2)12(15)20)14-13-7-5-3-4-6-8(7)17/h3-6,10,13,17-18H,1-2H3. The molecule has 1 aliphatic heterocycles. The predicted octanol–water partition coefficient (Wildman–Crippen LogP) is 0.00230. The number of aliphatic hydroxyl groups excluding tert-OH is 1. The van der Waals surface area contributed by atoms with Crippen molar-refractivity contribution < 1.29 is 19.8 Å². The average molecular weight is 278 g/mol. The molecule has 1 aliphatic rings. The van der Waals surface area contributed by atoms with E-state index in [2.05, 4.69) is 10.5 Å². The minimum absolute atomic E-state index is 0.0487. The van der Waals surface area contributed by atoms with Crippen molar-refractivity contribution >= 4 is 23.3 Å². The molecule has 0 aromatic heterocycles. The number of benzene rings is 1. The van der Waals surface area contributed by atoms with Gasteiger partial charge in [0, 0.05) is 14.1 Å². The number of amides is 3. The quantitative estimate of drug-likeness (QED) is 0.521. The SMILES string of the molecule is CN1C(=O)C(=NNc2ccccc2O)C(O)N(C)C1=O. The molecule has 8 heteroatoms. The summed E-state index contributed by atoms with van der Waals surface area (Å²) in [7, 11) is 2.65. The van der Waals surface area contributed by atoms with E-state index in [1.807, 2.05) is 0 Å². The number of nitrogens with zero attached hydrogens (tertiary/aromatic N) is 3. The van der Waals surface area contributed by atoms with Crippen molar-refractivity contribution in [1.82, 2.24) is 9.80 Å². The van der Waals surface area contributed by atoms with Crippen molar-refractivity contribution in [2.24, 2.45) is 5.10 Å². The number of para-hydroxylation sites is 2. The van der Waals surface area contributed by atoms with Crippen molar-refractivity contribution in [1.29, 1.82) is 0 Å². The van der Waals surface area contributed by atoms with Gasteiger partial charge in [0.2, 0.25) is 0 Å². The number of imide groups is 1. The van der Waals surface area contributed by atoms with Gasteiger partial charge in [0.15, 0.2) is 11.9 Å². The zero-order valence-electron chi connectivity index (χ0n) is 10.9.